The first-order valence-electron chi connectivity index (χ1n) is 5.03. The molecule has 0 aromatic heterocycles. The third-order valence-corrected chi connectivity index (χ3v) is 2.51. The van der Waals surface area contributed by atoms with E-state index in [-0.39, 0.29) is 11.8 Å². The average Bonchev–Trinajstić information content (AvgIpc) is 2.47. The lowest BCUT2D eigenvalue weighted by atomic mass is 10.1. The van der Waals surface area contributed by atoms with Gasteiger partial charge in [-0.3, -0.25) is 5.32 Å². The number of rotatable bonds is 1. The maximum atomic E-state index is 5.68. The molecule has 1 saturated heterocycles. The van der Waals surface area contributed by atoms with Crippen molar-refractivity contribution in [2.45, 2.75) is 32.5 Å². The van der Waals surface area contributed by atoms with Crippen LogP contribution < -0.4 is 5.32 Å². The normalized spacial score (nSPS) is 25.2. The topological polar surface area (TPSA) is 21.3 Å². The molecule has 0 bridgehead atoms. The molecule has 1 N–H and O–H groups in total. The Labute approximate surface area is 85.3 Å². The summed E-state index contributed by atoms with van der Waals surface area (Å²) in [6.07, 6.45) is 0.0607. The van der Waals surface area contributed by atoms with E-state index in [0.717, 1.165) is 6.61 Å². The van der Waals surface area contributed by atoms with Gasteiger partial charge in [0.25, 0.3) is 0 Å². The molecule has 1 heterocycles. The van der Waals surface area contributed by atoms with Crippen LogP contribution in [0.15, 0.2) is 24.3 Å². The van der Waals surface area contributed by atoms with Crippen LogP contribution in [0.1, 0.15) is 31.2 Å². The Bertz CT molecular complexity index is 316. The van der Waals surface area contributed by atoms with Gasteiger partial charge in [-0.15, -0.1) is 0 Å². The zero-order chi connectivity index (χ0) is 10.2. The number of hydrogen-bond acceptors (Lipinski definition) is 2. The van der Waals surface area contributed by atoms with Crippen molar-refractivity contribution in [3.05, 3.63) is 35.4 Å². The minimum atomic E-state index is 0.0607. The first-order valence-corrected chi connectivity index (χ1v) is 5.03. The minimum Gasteiger partial charge on any atom is -0.357 e. The molecule has 1 aliphatic rings. The molecule has 1 fully saturated rings. The van der Waals surface area contributed by atoms with Gasteiger partial charge in [-0.05, 0) is 26.3 Å². The number of hydrogen-bond donors (Lipinski definition) is 1. The summed E-state index contributed by atoms with van der Waals surface area (Å²) in [5.74, 6) is 0. The Morgan fingerprint density at radius 2 is 1.93 bits per heavy atom. The molecule has 0 saturated carbocycles. The SMILES string of the molecule is Cc1ccc(C2NC(C)(C)CO2)cc1. The van der Waals surface area contributed by atoms with E-state index in [0.29, 0.717) is 0 Å². The molecular weight excluding hydrogens is 174 g/mol. The molecule has 1 atom stereocenters. The predicted molar refractivity (Wildman–Crippen MR) is 57.1 cm³/mol. The molecule has 2 rings (SSSR count). The molecule has 0 amide bonds. The zero-order valence-electron chi connectivity index (χ0n) is 9.00. The van der Waals surface area contributed by atoms with Gasteiger partial charge in [0.15, 0.2) is 0 Å². The summed E-state index contributed by atoms with van der Waals surface area (Å²) in [4.78, 5) is 0. The van der Waals surface area contributed by atoms with E-state index < -0.39 is 0 Å². The molecule has 1 aromatic rings. The van der Waals surface area contributed by atoms with Crippen molar-refractivity contribution in [2.24, 2.45) is 0 Å². The van der Waals surface area contributed by atoms with Gasteiger partial charge in [-0.25, -0.2) is 0 Å². The fraction of sp³-hybridized carbons (Fsp3) is 0.500. The van der Waals surface area contributed by atoms with Crippen molar-refractivity contribution in [3.63, 3.8) is 0 Å². The third kappa shape index (κ3) is 1.97. The average molecular weight is 191 g/mol. The van der Waals surface area contributed by atoms with Crippen LogP contribution in [0.5, 0.6) is 0 Å². The van der Waals surface area contributed by atoms with E-state index in [1.165, 1.54) is 11.1 Å². The standard InChI is InChI=1S/C12H17NO/c1-9-4-6-10(7-5-9)11-13-12(2,3)8-14-11/h4-7,11,13H,8H2,1-3H3. The van der Waals surface area contributed by atoms with Crippen LogP contribution >= 0.6 is 0 Å². The highest BCUT2D eigenvalue weighted by atomic mass is 16.5. The van der Waals surface area contributed by atoms with Gasteiger partial charge in [-0.1, -0.05) is 29.8 Å². The Morgan fingerprint density at radius 1 is 1.29 bits per heavy atom. The van der Waals surface area contributed by atoms with E-state index >= 15 is 0 Å². The van der Waals surface area contributed by atoms with Gasteiger partial charge in [0.1, 0.15) is 6.23 Å². The maximum absolute atomic E-state index is 5.68. The fourth-order valence-electron chi connectivity index (χ4n) is 1.65. The maximum Gasteiger partial charge on any atom is 0.134 e. The van der Waals surface area contributed by atoms with Gasteiger partial charge in [0.2, 0.25) is 0 Å². The quantitative estimate of drug-likeness (QED) is 0.736. The third-order valence-electron chi connectivity index (χ3n) is 2.51. The van der Waals surface area contributed by atoms with Crippen LogP contribution in [0, 0.1) is 6.92 Å². The predicted octanol–water partition coefficient (Wildman–Crippen LogP) is 2.39. The number of benzene rings is 1. The summed E-state index contributed by atoms with van der Waals surface area (Å²) in [5.41, 5.74) is 2.59. The van der Waals surface area contributed by atoms with Crippen LogP contribution in [-0.2, 0) is 4.74 Å². The van der Waals surface area contributed by atoms with E-state index in [4.69, 9.17) is 4.74 Å². The van der Waals surface area contributed by atoms with E-state index in [9.17, 15) is 0 Å². The van der Waals surface area contributed by atoms with Crippen LogP contribution in [0.25, 0.3) is 0 Å². The number of nitrogens with one attached hydrogen (secondary N) is 1. The first kappa shape index (κ1) is 9.69. The summed E-state index contributed by atoms with van der Waals surface area (Å²) in [7, 11) is 0. The summed E-state index contributed by atoms with van der Waals surface area (Å²) < 4.78 is 5.68. The zero-order valence-corrected chi connectivity index (χ0v) is 9.00. The lowest BCUT2D eigenvalue weighted by Crippen LogP contribution is -2.35. The van der Waals surface area contributed by atoms with Gasteiger partial charge in [0, 0.05) is 5.54 Å². The summed E-state index contributed by atoms with van der Waals surface area (Å²) in [5, 5.41) is 3.44. The lowest BCUT2D eigenvalue weighted by molar-refractivity contribution is 0.0989. The lowest BCUT2D eigenvalue weighted by Gasteiger charge is -2.17. The molecule has 1 aliphatic heterocycles. The first-order chi connectivity index (χ1) is 6.57. The molecule has 0 aliphatic carbocycles. The molecular formula is C12H17NO. The van der Waals surface area contributed by atoms with Gasteiger partial charge in [-0.2, -0.15) is 0 Å². The smallest absolute Gasteiger partial charge is 0.134 e. The second-order valence-electron chi connectivity index (χ2n) is 4.63. The van der Waals surface area contributed by atoms with Crippen molar-refractivity contribution < 1.29 is 4.74 Å². The van der Waals surface area contributed by atoms with E-state index in [2.05, 4.69) is 50.4 Å². The Morgan fingerprint density at radius 3 is 2.43 bits per heavy atom. The molecule has 0 radical (unpaired) electrons. The van der Waals surface area contributed by atoms with Crippen molar-refractivity contribution in [1.29, 1.82) is 0 Å². The summed E-state index contributed by atoms with van der Waals surface area (Å²) in [6, 6.07) is 8.47. The Hall–Kier alpha value is -0.860. The molecule has 1 unspecified atom stereocenters. The highest BCUT2D eigenvalue weighted by Gasteiger charge is 2.31. The van der Waals surface area contributed by atoms with Crippen LogP contribution in [0.3, 0.4) is 0 Å². The van der Waals surface area contributed by atoms with Gasteiger partial charge in [0.05, 0.1) is 6.61 Å². The van der Waals surface area contributed by atoms with E-state index in [1.807, 2.05) is 0 Å². The van der Waals surface area contributed by atoms with Crippen LogP contribution in [-0.4, -0.2) is 12.1 Å². The second-order valence-corrected chi connectivity index (χ2v) is 4.63. The fourth-order valence-corrected chi connectivity index (χ4v) is 1.65. The monoisotopic (exact) mass is 191 g/mol. The molecule has 2 nitrogen and oxygen atoms in total. The van der Waals surface area contributed by atoms with Gasteiger partial charge >= 0.3 is 0 Å². The molecule has 0 spiro atoms. The van der Waals surface area contributed by atoms with Crippen molar-refractivity contribution >= 4 is 0 Å². The van der Waals surface area contributed by atoms with Crippen molar-refractivity contribution in [3.8, 4) is 0 Å². The Kier molecular flexibility index (Phi) is 2.33. The largest absolute Gasteiger partial charge is 0.357 e. The molecule has 1 aromatic carbocycles. The second kappa shape index (κ2) is 3.37. The summed E-state index contributed by atoms with van der Waals surface area (Å²) in [6.45, 7) is 7.17. The molecule has 14 heavy (non-hydrogen) atoms. The van der Waals surface area contributed by atoms with Crippen LogP contribution in [0.2, 0.25) is 0 Å². The van der Waals surface area contributed by atoms with Crippen molar-refractivity contribution in [1.82, 2.24) is 5.32 Å². The van der Waals surface area contributed by atoms with Crippen molar-refractivity contribution in [2.75, 3.05) is 6.61 Å². The highest BCUT2D eigenvalue weighted by molar-refractivity contribution is 5.23. The van der Waals surface area contributed by atoms with Crippen LogP contribution in [0.4, 0.5) is 0 Å². The molecule has 2 heteroatoms. The molecule has 76 valence electrons. The summed E-state index contributed by atoms with van der Waals surface area (Å²) >= 11 is 0. The van der Waals surface area contributed by atoms with Gasteiger partial charge < -0.3 is 4.74 Å². The Balaban J connectivity index is 2.14. The number of aryl methyl sites for hydroxylation is 1. The van der Waals surface area contributed by atoms with E-state index in [1.54, 1.807) is 0 Å². The highest BCUT2D eigenvalue weighted by Crippen LogP contribution is 2.25. The minimum absolute atomic E-state index is 0.0607. The number of ether oxygens (including phenoxy) is 1.